The molecule has 1 aliphatic carbocycles. The number of carbonyl (C=O) groups excluding carboxylic acids is 2. The summed E-state index contributed by atoms with van der Waals surface area (Å²) in [6.07, 6.45) is 4.84. The molecule has 5 nitrogen and oxygen atoms in total. The van der Waals surface area contributed by atoms with E-state index in [4.69, 9.17) is 0 Å². The number of aryl methyl sites for hydroxylation is 1. The number of rotatable bonds is 5. The molecule has 0 aromatic heterocycles. The van der Waals surface area contributed by atoms with Gasteiger partial charge in [-0.3, -0.25) is 14.5 Å². The van der Waals surface area contributed by atoms with Crippen molar-refractivity contribution in [3.8, 4) is 0 Å². The van der Waals surface area contributed by atoms with Crippen molar-refractivity contribution < 1.29 is 9.59 Å². The average molecular weight is 377 g/mol. The molecule has 4 rings (SSSR count). The highest BCUT2D eigenvalue weighted by Gasteiger charge is 2.25. The first kappa shape index (κ1) is 18.7. The number of anilines is 2. The SMILES string of the molecule is CN(CC(=O)Nc1cccc(N2CCCC2=O)c1)C1CCCc2ccccc21. The molecule has 28 heavy (non-hydrogen) atoms. The Kier molecular flexibility index (Phi) is 5.44. The Morgan fingerprint density at radius 3 is 2.82 bits per heavy atom. The van der Waals surface area contributed by atoms with Crippen LogP contribution in [0, 0.1) is 0 Å². The van der Waals surface area contributed by atoms with Gasteiger partial charge in [0, 0.05) is 30.4 Å². The van der Waals surface area contributed by atoms with E-state index < -0.39 is 0 Å². The van der Waals surface area contributed by atoms with E-state index in [0.29, 0.717) is 13.0 Å². The van der Waals surface area contributed by atoms with Crippen LogP contribution in [0.1, 0.15) is 42.9 Å². The molecule has 1 unspecified atom stereocenters. The zero-order chi connectivity index (χ0) is 19.5. The van der Waals surface area contributed by atoms with Crippen molar-refractivity contribution in [1.82, 2.24) is 4.90 Å². The monoisotopic (exact) mass is 377 g/mol. The van der Waals surface area contributed by atoms with E-state index in [1.54, 1.807) is 4.90 Å². The highest BCUT2D eigenvalue weighted by atomic mass is 16.2. The van der Waals surface area contributed by atoms with Crippen LogP contribution in [0.2, 0.25) is 0 Å². The van der Waals surface area contributed by atoms with E-state index >= 15 is 0 Å². The number of nitrogens with one attached hydrogen (secondary N) is 1. The normalized spacial score (nSPS) is 19.0. The van der Waals surface area contributed by atoms with Gasteiger partial charge in [-0.25, -0.2) is 0 Å². The molecule has 1 aliphatic heterocycles. The lowest BCUT2D eigenvalue weighted by molar-refractivity contribution is -0.118. The van der Waals surface area contributed by atoms with Gasteiger partial charge in [0.2, 0.25) is 11.8 Å². The fourth-order valence-corrected chi connectivity index (χ4v) is 4.40. The van der Waals surface area contributed by atoms with E-state index in [1.807, 2.05) is 31.3 Å². The van der Waals surface area contributed by atoms with Crippen molar-refractivity contribution >= 4 is 23.2 Å². The standard InChI is InChI=1S/C23H27N3O2/c1-25(21-12-4-8-17-7-2-3-11-20(17)21)16-22(27)24-18-9-5-10-19(15-18)26-14-6-13-23(26)28/h2-3,5,7,9-11,15,21H,4,6,8,12-14,16H2,1H3,(H,24,27). The first-order valence-electron chi connectivity index (χ1n) is 10.1. The van der Waals surface area contributed by atoms with Gasteiger partial charge in [-0.15, -0.1) is 0 Å². The number of carbonyl (C=O) groups is 2. The number of nitrogens with zero attached hydrogens (tertiary/aromatic N) is 2. The minimum atomic E-state index is -0.0320. The predicted molar refractivity (Wildman–Crippen MR) is 111 cm³/mol. The summed E-state index contributed by atoms with van der Waals surface area (Å²) in [4.78, 5) is 28.5. The predicted octanol–water partition coefficient (Wildman–Crippen LogP) is 3.76. The van der Waals surface area contributed by atoms with E-state index in [-0.39, 0.29) is 17.9 Å². The van der Waals surface area contributed by atoms with Gasteiger partial charge in [0.05, 0.1) is 6.54 Å². The summed E-state index contributed by atoms with van der Waals surface area (Å²) in [5.41, 5.74) is 4.34. The summed E-state index contributed by atoms with van der Waals surface area (Å²) in [5.74, 6) is 0.120. The molecule has 1 heterocycles. The summed E-state index contributed by atoms with van der Waals surface area (Å²) >= 11 is 0. The lowest BCUT2D eigenvalue weighted by Crippen LogP contribution is -2.35. The molecule has 2 aliphatic rings. The van der Waals surface area contributed by atoms with E-state index in [9.17, 15) is 9.59 Å². The Morgan fingerprint density at radius 2 is 2.00 bits per heavy atom. The van der Waals surface area contributed by atoms with Crippen molar-refractivity contribution in [2.24, 2.45) is 0 Å². The van der Waals surface area contributed by atoms with Crippen LogP contribution in [-0.2, 0) is 16.0 Å². The van der Waals surface area contributed by atoms with Gasteiger partial charge in [0.25, 0.3) is 0 Å². The van der Waals surface area contributed by atoms with Crippen molar-refractivity contribution in [3.63, 3.8) is 0 Å². The lowest BCUT2D eigenvalue weighted by Gasteiger charge is -2.32. The second-order valence-corrected chi connectivity index (χ2v) is 7.77. The largest absolute Gasteiger partial charge is 0.325 e. The van der Waals surface area contributed by atoms with Crippen LogP contribution in [0.25, 0.3) is 0 Å². The zero-order valence-electron chi connectivity index (χ0n) is 16.4. The maximum atomic E-state index is 12.6. The molecule has 2 aromatic rings. The Balaban J connectivity index is 1.40. The third-order valence-electron chi connectivity index (χ3n) is 5.78. The summed E-state index contributed by atoms with van der Waals surface area (Å²) in [7, 11) is 2.02. The van der Waals surface area contributed by atoms with E-state index in [1.165, 1.54) is 11.1 Å². The Bertz CT molecular complexity index is 880. The lowest BCUT2D eigenvalue weighted by atomic mass is 9.87. The number of likely N-dealkylation sites (N-methyl/N-ethyl adjacent to an activating group) is 1. The van der Waals surface area contributed by atoms with Gasteiger partial charge in [-0.2, -0.15) is 0 Å². The molecule has 0 radical (unpaired) electrons. The molecule has 2 amide bonds. The maximum Gasteiger partial charge on any atom is 0.238 e. The Hall–Kier alpha value is -2.66. The first-order valence-corrected chi connectivity index (χ1v) is 10.1. The van der Waals surface area contributed by atoms with Crippen LogP contribution in [0.3, 0.4) is 0 Å². The second kappa shape index (κ2) is 8.15. The van der Waals surface area contributed by atoms with E-state index in [0.717, 1.165) is 43.6 Å². The molecule has 1 atom stereocenters. The molecular weight excluding hydrogens is 350 g/mol. The van der Waals surface area contributed by atoms with Crippen molar-refractivity contribution in [3.05, 3.63) is 59.7 Å². The molecular formula is C23H27N3O2. The quantitative estimate of drug-likeness (QED) is 0.863. The van der Waals surface area contributed by atoms with Crippen LogP contribution in [-0.4, -0.2) is 36.9 Å². The smallest absolute Gasteiger partial charge is 0.238 e. The Morgan fingerprint density at radius 1 is 1.14 bits per heavy atom. The van der Waals surface area contributed by atoms with Crippen LogP contribution in [0.5, 0.6) is 0 Å². The zero-order valence-corrected chi connectivity index (χ0v) is 16.4. The van der Waals surface area contributed by atoms with Crippen molar-refractivity contribution in [1.29, 1.82) is 0 Å². The topological polar surface area (TPSA) is 52.7 Å². The summed E-state index contributed by atoms with van der Waals surface area (Å²) < 4.78 is 0. The van der Waals surface area contributed by atoms with E-state index in [2.05, 4.69) is 34.5 Å². The molecule has 0 spiro atoms. The van der Waals surface area contributed by atoms with Crippen LogP contribution in [0.4, 0.5) is 11.4 Å². The maximum absolute atomic E-state index is 12.6. The van der Waals surface area contributed by atoms with Crippen LogP contribution in [0.15, 0.2) is 48.5 Å². The van der Waals surface area contributed by atoms with Gasteiger partial charge in [0.15, 0.2) is 0 Å². The van der Waals surface area contributed by atoms with Gasteiger partial charge in [-0.05, 0) is 62.1 Å². The molecule has 5 heteroatoms. The fourth-order valence-electron chi connectivity index (χ4n) is 4.40. The minimum absolute atomic E-state index is 0.0320. The van der Waals surface area contributed by atoms with Gasteiger partial charge < -0.3 is 10.2 Å². The third kappa shape index (κ3) is 3.94. The molecule has 1 saturated heterocycles. The van der Waals surface area contributed by atoms with Crippen molar-refractivity contribution in [2.75, 3.05) is 30.4 Å². The first-order chi connectivity index (χ1) is 13.6. The Labute approximate surface area is 166 Å². The molecule has 2 aromatic carbocycles. The summed E-state index contributed by atoms with van der Waals surface area (Å²) in [5, 5.41) is 3.00. The average Bonchev–Trinajstić information content (AvgIpc) is 3.13. The van der Waals surface area contributed by atoms with Crippen LogP contribution >= 0.6 is 0 Å². The molecule has 1 fully saturated rings. The third-order valence-corrected chi connectivity index (χ3v) is 5.78. The number of hydrogen-bond donors (Lipinski definition) is 1. The van der Waals surface area contributed by atoms with Crippen molar-refractivity contribution in [2.45, 2.75) is 38.1 Å². The molecule has 0 saturated carbocycles. The molecule has 1 N–H and O–H groups in total. The number of amides is 2. The van der Waals surface area contributed by atoms with Crippen LogP contribution < -0.4 is 10.2 Å². The number of hydrogen-bond acceptors (Lipinski definition) is 3. The van der Waals surface area contributed by atoms with Gasteiger partial charge >= 0.3 is 0 Å². The molecule has 0 bridgehead atoms. The highest BCUT2D eigenvalue weighted by molar-refractivity contribution is 5.97. The van der Waals surface area contributed by atoms with Gasteiger partial charge in [-0.1, -0.05) is 30.3 Å². The van der Waals surface area contributed by atoms with Gasteiger partial charge in [0.1, 0.15) is 0 Å². The molecule has 146 valence electrons. The number of fused-ring (bicyclic) bond motifs is 1. The minimum Gasteiger partial charge on any atom is -0.325 e. The second-order valence-electron chi connectivity index (χ2n) is 7.77. The number of benzene rings is 2. The summed E-state index contributed by atoms with van der Waals surface area (Å²) in [6.45, 7) is 1.09. The highest BCUT2D eigenvalue weighted by Crippen LogP contribution is 2.33. The summed E-state index contributed by atoms with van der Waals surface area (Å²) in [6, 6.07) is 16.4. The fraction of sp³-hybridized carbons (Fsp3) is 0.391.